The molecule has 0 aliphatic carbocycles. The summed E-state index contributed by atoms with van der Waals surface area (Å²) in [7, 11) is 0. The topological polar surface area (TPSA) is 41.9 Å². The van der Waals surface area contributed by atoms with Crippen LogP contribution in [0.2, 0.25) is 4.34 Å². The summed E-state index contributed by atoms with van der Waals surface area (Å²) in [4.78, 5) is 21.0. The maximum absolute atomic E-state index is 12.6. The Morgan fingerprint density at radius 3 is 3.00 bits per heavy atom. The Labute approximate surface area is 133 Å². The molecule has 0 bridgehead atoms. The zero-order valence-corrected chi connectivity index (χ0v) is 13.8. The first-order valence-electron chi connectivity index (χ1n) is 7.35. The van der Waals surface area contributed by atoms with Gasteiger partial charge in [0.2, 0.25) is 6.10 Å². The summed E-state index contributed by atoms with van der Waals surface area (Å²) in [5, 5.41) is 4.08. The molecule has 114 valence electrons. The molecule has 4 nitrogen and oxygen atoms in total. The SMILES string of the molecule is CC(C)[C@H]1CCCN1C(=O)[C@H]1CC(c2ccc(Cl)s2)=NO1. The maximum Gasteiger partial charge on any atom is 0.267 e. The Bertz CT molecular complexity index is 570. The van der Waals surface area contributed by atoms with E-state index >= 15 is 0 Å². The molecule has 1 fully saturated rings. The minimum absolute atomic E-state index is 0.0765. The molecule has 0 N–H and O–H groups in total. The predicted molar refractivity (Wildman–Crippen MR) is 84.9 cm³/mol. The fourth-order valence-corrected chi connectivity index (χ4v) is 4.10. The molecule has 0 unspecified atom stereocenters. The van der Waals surface area contributed by atoms with Crippen molar-refractivity contribution < 1.29 is 9.63 Å². The number of rotatable bonds is 3. The van der Waals surface area contributed by atoms with E-state index in [0.717, 1.165) is 34.3 Å². The van der Waals surface area contributed by atoms with Crippen LogP contribution in [0, 0.1) is 5.92 Å². The number of thiophene rings is 1. The zero-order chi connectivity index (χ0) is 15.0. The number of oxime groups is 1. The van der Waals surface area contributed by atoms with Crippen molar-refractivity contribution in [3.8, 4) is 0 Å². The number of likely N-dealkylation sites (tertiary alicyclic amines) is 1. The average Bonchev–Trinajstić information content (AvgIpc) is 3.17. The summed E-state index contributed by atoms with van der Waals surface area (Å²) >= 11 is 7.41. The fourth-order valence-electron chi connectivity index (χ4n) is 3.07. The monoisotopic (exact) mass is 326 g/mol. The van der Waals surface area contributed by atoms with Crippen LogP contribution in [0.25, 0.3) is 0 Å². The van der Waals surface area contributed by atoms with Gasteiger partial charge in [-0.15, -0.1) is 11.3 Å². The third kappa shape index (κ3) is 2.94. The van der Waals surface area contributed by atoms with Crippen molar-refractivity contribution in [2.75, 3.05) is 6.54 Å². The highest BCUT2D eigenvalue weighted by molar-refractivity contribution is 7.18. The molecule has 21 heavy (non-hydrogen) atoms. The van der Waals surface area contributed by atoms with Crippen molar-refractivity contribution in [1.29, 1.82) is 0 Å². The van der Waals surface area contributed by atoms with Gasteiger partial charge >= 0.3 is 0 Å². The van der Waals surface area contributed by atoms with Gasteiger partial charge in [0.05, 0.1) is 9.21 Å². The van der Waals surface area contributed by atoms with Gasteiger partial charge in [-0.2, -0.15) is 0 Å². The van der Waals surface area contributed by atoms with E-state index in [9.17, 15) is 4.79 Å². The highest BCUT2D eigenvalue weighted by Crippen LogP contribution is 2.29. The van der Waals surface area contributed by atoms with E-state index in [4.69, 9.17) is 16.4 Å². The van der Waals surface area contributed by atoms with Crippen molar-refractivity contribution in [3.05, 3.63) is 21.3 Å². The average molecular weight is 327 g/mol. The molecule has 0 aromatic carbocycles. The van der Waals surface area contributed by atoms with Gasteiger partial charge in [0.25, 0.3) is 5.91 Å². The smallest absolute Gasteiger partial charge is 0.267 e. The molecule has 0 saturated carbocycles. The highest BCUT2D eigenvalue weighted by atomic mass is 35.5. The molecular weight excluding hydrogens is 308 g/mol. The van der Waals surface area contributed by atoms with Gasteiger partial charge in [0.1, 0.15) is 5.71 Å². The summed E-state index contributed by atoms with van der Waals surface area (Å²) < 4.78 is 0.724. The Balaban J connectivity index is 1.66. The van der Waals surface area contributed by atoms with Crippen LogP contribution in [0.15, 0.2) is 17.3 Å². The van der Waals surface area contributed by atoms with Gasteiger partial charge < -0.3 is 9.74 Å². The number of hydrogen-bond acceptors (Lipinski definition) is 4. The molecule has 1 aromatic heterocycles. The van der Waals surface area contributed by atoms with Crippen LogP contribution >= 0.6 is 22.9 Å². The van der Waals surface area contributed by atoms with E-state index in [2.05, 4.69) is 19.0 Å². The normalized spacial score (nSPS) is 25.3. The molecule has 6 heteroatoms. The summed E-state index contributed by atoms with van der Waals surface area (Å²) in [5.41, 5.74) is 0.825. The van der Waals surface area contributed by atoms with Crippen molar-refractivity contribution >= 4 is 34.6 Å². The summed E-state index contributed by atoms with van der Waals surface area (Å²) in [6.07, 6.45) is 2.23. The summed E-state index contributed by atoms with van der Waals surface area (Å²) in [6.45, 7) is 5.17. The molecule has 0 spiro atoms. The minimum Gasteiger partial charge on any atom is -0.382 e. The van der Waals surface area contributed by atoms with Crippen molar-refractivity contribution in [2.45, 2.75) is 45.3 Å². The molecule has 3 rings (SSSR count). The van der Waals surface area contributed by atoms with E-state index in [0.29, 0.717) is 18.4 Å². The van der Waals surface area contributed by atoms with Crippen LogP contribution in [-0.4, -0.2) is 35.2 Å². The van der Waals surface area contributed by atoms with E-state index in [1.54, 1.807) is 0 Å². The van der Waals surface area contributed by atoms with Gasteiger partial charge in [0, 0.05) is 19.0 Å². The number of halogens is 1. The van der Waals surface area contributed by atoms with E-state index in [-0.39, 0.29) is 5.91 Å². The number of hydrogen-bond donors (Lipinski definition) is 0. The van der Waals surface area contributed by atoms with E-state index in [1.807, 2.05) is 17.0 Å². The standard InChI is InChI=1S/C15H19ClN2O2S/c1-9(2)11-4-3-7-18(11)15(19)12-8-10(17-20-12)13-5-6-14(16)21-13/h5-6,9,11-12H,3-4,7-8H2,1-2H3/t11-,12-/m1/s1. The molecular formula is C15H19ClN2O2S. The second kappa shape index (κ2) is 5.97. The van der Waals surface area contributed by atoms with Crippen LogP contribution in [0.1, 0.15) is 38.0 Å². The van der Waals surface area contributed by atoms with Gasteiger partial charge in [-0.25, -0.2) is 0 Å². The van der Waals surface area contributed by atoms with Crippen molar-refractivity contribution in [3.63, 3.8) is 0 Å². The van der Waals surface area contributed by atoms with Gasteiger partial charge in [-0.05, 0) is 30.9 Å². The van der Waals surface area contributed by atoms with Crippen LogP contribution in [0.3, 0.4) is 0 Å². The molecule has 1 aromatic rings. The lowest BCUT2D eigenvalue weighted by Gasteiger charge is -2.29. The maximum atomic E-state index is 12.6. The summed E-state index contributed by atoms with van der Waals surface area (Å²) in [6, 6.07) is 4.10. The molecule has 2 aliphatic rings. The van der Waals surface area contributed by atoms with Crippen LogP contribution in [0.4, 0.5) is 0 Å². The Morgan fingerprint density at radius 2 is 2.33 bits per heavy atom. The molecule has 0 radical (unpaired) electrons. The predicted octanol–water partition coefficient (Wildman–Crippen LogP) is 3.54. The number of carbonyl (C=O) groups excluding carboxylic acids is 1. The largest absolute Gasteiger partial charge is 0.382 e. The highest BCUT2D eigenvalue weighted by Gasteiger charge is 2.38. The van der Waals surface area contributed by atoms with E-state index in [1.165, 1.54) is 11.3 Å². The number of carbonyl (C=O) groups is 1. The molecule has 2 aliphatic heterocycles. The number of nitrogens with zero attached hydrogens (tertiary/aromatic N) is 2. The molecule has 1 saturated heterocycles. The quantitative estimate of drug-likeness (QED) is 0.852. The first kappa shape index (κ1) is 14.9. The third-order valence-corrected chi connectivity index (χ3v) is 5.43. The third-order valence-electron chi connectivity index (χ3n) is 4.15. The van der Waals surface area contributed by atoms with Crippen molar-refractivity contribution in [2.24, 2.45) is 11.1 Å². The van der Waals surface area contributed by atoms with Crippen LogP contribution in [0.5, 0.6) is 0 Å². The second-order valence-corrected chi connectivity index (χ2v) is 7.64. The minimum atomic E-state index is -0.472. The van der Waals surface area contributed by atoms with Gasteiger partial charge in [0.15, 0.2) is 0 Å². The lowest BCUT2D eigenvalue weighted by molar-refractivity contribution is -0.143. The van der Waals surface area contributed by atoms with E-state index < -0.39 is 6.10 Å². The van der Waals surface area contributed by atoms with Crippen LogP contribution < -0.4 is 0 Å². The Morgan fingerprint density at radius 1 is 1.52 bits per heavy atom. The summed E-state index contributed by atoms with van der Waals surface area (Å²) in [5.74, 6) is 0.557. The molecule has 2 atom stereocenters. The zero-order valence-electron chi connectivity index (χ0n) is 12.2. The Kier molecular flexibility index (Phi) is 4.22. The first-order valence-corrected chi connectivity index (χ1v) is 8.54. The van der Waals surface area contributed by atoms with Gasteiger partial charge in [-0.3, -0.25) is 4.79 Å². The molecule has 3 heterocycles. The van der Waals surface area contributed by atoms with Gasteiger partial charge in [-0.1, -0.05) is 30.6 Å². The molecule has 1 amide bonds. The van der Waals surface area contributed by atoms with Crippen LogP contribution in [-0.2, 0) is 9.63 Å². The second-order valence-electron chi connectivity index (χ2n) is 5.93. The lowest BCUT2D eigenvalue weighted by atomic mass is 10.0. The lowest BCUT2D eigenvalue weighted by Crippen LogP contribution is -2.44. The fraction of sp³-hybridized carbons (Fsp3) is 0.600. The Hall–Kier alpha value is -1.07. The number of amides is 1. The van der Waals surface area contributed by atoms with Crippen molar-refractivity contribution in [1.82, 2.24) is 4.90 Å². The first-order chi connectivity index (χ1) is 10.1.